The van der Waals surface area contributed by atoms with Gasteiger partial charge in [0.2, 0.25) is 5.91 Å². The molecule has 0 aliphatic carbocycles. The Kier molecular flexibility index (Phi) is 6.87. The fraction of sp³-hybridized carbons (Fsp3) is 0.611. The number of piperidine rings is 1. The number of rotatable bonds is 7. The first-order valence-electron chi connectivity index (χ1n) is 8.35. The summed E-state index contributed by atoms with van der Waals surface area (Å²) in [6.07, 6.45) is 3.98. The summed E-state index contributed by atoms with van der Waals surface area (Å²) in [6, 6.07) is 11.3. The van der Waals surface area contributed by atoms with Crippen molar-refractivity contribution >= 4 is 5.91 Å². The predicted molar refractivity (Wildman–Crippen MR) is 90.7 cm³/mol. The summed E-state index contributed by atoms with van der Waals surface area (Å²) in [5.41, 5.74) is 1.40. The van der Waals surface area contributed by atoms with Gasteiger partial charge in [-0.05, 0) is 44.5 Å². The lowest BCUT2D eigenvalue weighted by Crippen LogP contribution is -2.42. The number of amides is 1. The summed E-state index contributed by atoms with van der Waals surface area (Å²) in [5, 5.41) is 3.60. The second kappa shape index (κ2) is 8.91. The van der Waals surface area contributed by atoms with Crippen LogP contribution in [0.1, 0.15) is 31.2 Å². The molecule has 122 valence electrons. The molecule has 1 aromatic carbocycles. The molecule has 1 aliphatic heterocycles. The van der Waals surface area contributed by atoms with E-state index in [-0.39, 0.29) is 5.91 Å². The number of carbonyl (C=O) groups is 1. The minimum absolute atomic E-state index is 0.222. The van der Waals surface area contributed by atoms with Crippen molar-refractivity contribution in [3.63, 3.8) is 0 Å². The maximum Gasteiger partial charge on any atom is 0.222 e. The second-order valence-corrected chi connectivity index (χ2v) is 6.38. The van der Waals surface area contributed by atoms with E-state index < -0.39 is 0 Å². The van der Waals surface area contributed by atoms with Gasteiger partial charge < -0.3 is 10.2 Å². The Labute approximate surface area is 134 Å². The SMILES string of the molecule is CN(C)C(=O)CCCNC1CCN(Cc2ccccc2)CC1. The Morgan fingerprint density at radius 1 is 1.23 bits per heavy atom. The quantitative estimate of drug-likeness (QED) is 0.784. The molecule has 0 spiro atoms. The molecule has 0 atom stereocenters. The minimum Gasteiger partial charge on any atom is -0.349 e. The maximum absolute atomic E-state index is 11.5. The van der Waals surface area contributed by atoms with E-state index in [1.54, 1.807) is 4.90 Å². The van der Waals surface area contributed by atoms with Crippen LogP contribution in [0.15, 0.2) is 30.3 Å². The maximum atomic E-state index is 11.5. The average molecular weight is 303 g/mol. The Bertz CT molecular complexity index is 439. The Morgan fingerprint density at radius 2 is 1.91 bits per heavy atom. The van der Waals surface area contributed by atoms with Crippen LogP contribution in [0.3, 0.4) is 0 Å². The summed E-state index contributed by atoms with van der Waals surface area (Å²) >= 11 is 0. The van der Waals surface area contributed by atoms with Crippen LogP contribution in [-0.2, 0) is 11.3 Å². The highest BCUT2D eigenvalue weighted by atomic mass is 16.2. The van der Waals surface area contributed by atoms with Crippen LogP contribution in [0.25, 0.3) is 0 Å². The van der Waals surface area contributed by atoms with E-state index in [9.17, 15) is 4.79 Å². The van der Waals surface area contributed by atoms with Gasteiger partial charge in [-0.1, -0.05) is 30.3 Å². The van der Waals surface area contributed by atoms with E-state index in [1.165, 1.54) is 18.4 Å². The van der Waals surface area contributed by atoms with Gasteiger partial charge in [-0.2, -0.15) is 0 Å². The highest BCUT2D eigenvalue weighted by molar-refractivity contribution is 5.75. The van der Waals surface area contributed by atoms with Crippen LogP contribution in [0, 0.1) is 0 Å². The van der Waals surface area contributed by atoms with Crippen LogP contribution in [-0.4, -0.2) is 55.5 Å². The number of nitrogens with zero attached hydrogens (tertiary/aromatic N) is 2. The lowest BCUT2D eigenvalue weighted by molar-refractivity contribution is -0.128. The fourth-order valence-corrected chi connectivity index (χ4v) is 2.91. The lowest BCUT2D eigenvalue weighted by atomic mass is 10.0. The monoisotopic (exact) mass is 303 g/mol. The third-order valence-corrected chi connectivity index (χ3v) is 4.34. The second-order valence-electron chi connectivity index (χ2n) is 6.38. The molecule has 4 heteroatoms. The van der Waals surface area contributed by atoms with E-state index in [0.29, 0.717) is 12.5 Å². The van der Waals surface area contributed by atoms with Gasteiger partial charge in [0.05, 0.1) is 0 Å². The zero-order chi connectivity index (χ0) is 15.8. The smallest absolute Gasteiger partial charge is 0.222 e. The third kappa shape index (κ3) is 5.78. The van der Waals surface area contributed by atoms with Crippen molar-refractivity contribution in [2.45, 2.75) is 38.3 Å². The van der Waals surface area contributed by atoms with E-state index >= 15 is 0 Å². The van der Waals surface area contributed by atoms with Gasteiger partial charge in [0.15, 0.2) is 0 Å². The van der Waals surface area contributed by atoms with Crippen molar-refractivity contribution < 1.29 is 4.79 Å². The summed E-state index contributed by atoms with van der Waals surface area (Å²) in [4.78, 5) is 15.7. The number of likely N-dealkylation sites (tertiary alicyclic amines) is 1. The molecule has 1 aromatic rings. The molecule has 0 unspecified atom stereocenters. The van der Waals surface area contributed by atoms with Crippen molar-refractivity contribution in [3.05, 3.63) is 35.9 Å². The van der Waals surface area contributed by atoms with Crippen LogP contribution in [0.2, 0.25) is 0 Å². The zero-order valence-corrected chi connectivity index (χ0v) is 13.9. The molecular formula is C18H29N3O. The molecule has 1 aliphatic rings. The summed E-state index contributed by atoms with van der Waals surface area (Å²) in [7, 11) is 3.64. The Morgan fingerprint density at radius 3 is 2.55 bits per heavy atom. The molecule has 1 N–H and O–H groups in total. The first kappa shape index (κ1) is 17.0. The third-order valence-electron chi connectivity index (χ3n) is 4.34. The number of carbonyl (C=O) groups excluding carboxylic acids is 1. The first-order chi connectivity index (χ1) is 10.6. The van der Waals surface area contributed by atoms with Gasteiger partial charge in [-0.3, -0.25) is 9.69 Å². The largest absolute Gasteiger partial charge is 0.349 e. The van der Waals surface area contributed by atoms with Crippen molar-refractivity contribution in [2.24, 2.45) is 0 Å². The van der Waals surface area contributed by atoms with Gasteiger partial charge in [0.1, 0.15) is 0 Å². The predicted octanol–water partition coefficient (Wildman–Crippen LogP) is 2.11. The van der Waals surface area contributed by atoms with Crippen LogP contribution < -0.4 is 5.32 Å². The van der Waals surface area contributed by atoms with Gasteiger partial charge >= 0.3 is 0 Å². The highest BCUT2D eigenvalue weighted by Crippen LogP contribution is 2.13. The van der Waals surface area contributed by atoms with Crippen LogP contribution >= 0.6 is 0 Å². The molecule has 4 nitrogen and oxygen atoms in total. The summed E-state index contributed by atoms with van der Waals surface area (Å²) in [6.45, 7) is 4.32. The Hall–Kier alpha value is -1.39. The molecule has 0 aromatic heterocycles. The summed E-state index contributed by atoms with van der Waals surface area (Å²) < 4.78 is 0. The standard InChI is InChI=1S/C18H29N3O/c1-20(2)18(22)9-6-12-19-17-10-13-21(14-11-17)15-16-7-4-3-5-8-16/h3-5,7-8,17,19H,6,9-15H2,1-2H3. The van der Waals surface area contributed by atoms with Crippen molar-refractivity contribution in [1.82, 2.24) is 15.1 Å². The highest BCUT2D eigenvalue weighted by Gasteiger charge is 2.18. The molecule has 22 heavy (non-hydrogen) atoms. The molecule has 2 rings (SSSR count). The zero-order valence-electron chi connectivity index (χ0n) is 13.9. The molecular weight excluding hydrogens is 274 g/mol. The van der Waals surface area contributed by atoms with Crippen molar-refractivity contribution in [3.8, 4) is 0 Å². The normalized spacial score (nSPS) is 16.6. The minimum atomic E-state index is 0.222. The van der Waals surface area contributed by atoms with Crippen LogP contribution in [0.4, 0.5) is 0 Å². The van der Waals surface area contributed by atoms with Gasteiger partial charge in [0, 0.05) is 33.1 Å². The van der Waals surface area contributed by atoms with Gasteiger partial charge in [-0.15, -0.1) is 0 Å². The van der Waals surface area contributed by atoms with Crippen LogP contribution in [0.5, 0.6) is 0 Å². The number of nitrogens with one attached hydrogen (secondary N) is 1. The number of benzene rings is 1. The molecule has 0 saturated carbocycles. The van der Waals surface area contributed by atoms with Crippen molar-refractivity contribution in [2.75, 3.05) is 33.7 Å². The van der Waals surface area contributed by atoms with E-state index in [2.05, 4.69) is 40.5 Å². The van der Waals surface area contributed by atoms with Crippen molar-refractivity contribution in [1.29, 1.82) is 0 Å². The lowest BCUT2D eigenvalue weighted by Gasteiger charge is -2.32. The Balaban J connectivity index is 1.58. The summed E-state index contributed by atoms with van der Waals surface area (Å²) in [5.74, 6) is 0.222. The topological polar surface area (TPSA) is 35.6 Å². The van der Waals surface area contributed by atoms with E-state index in [4.69, 9.17) is 0 Å². The number of hydrogen-bond donors (Lipinski definition) is 1. The fourth-order valence-electron chi connectivity index (χ4n) is 2.91. The van der Waals surface area contributed by atoms with Gasteiger partial charge in [0.25, 0.3) is 0 Å². The molecule has 0 bridgehead atoms. The van der Waals surface area contributed by atoms with Gasteiger partial charge in [-0.25, -0.2) is 0 Å². The number of hydrogen-bond acceptors (Lipinski definition) is 3. The van der Waals surface area contributed by atoms with E-state index in [1.807, 2.05) is 14.1 Å². The molecule has 1 heterocycles. The first-order valence-corrected chi connectivity index (χ1v) is 8.35. The molecule has 1 fully saturated rings. The molecule has 1 saturated heterocycles. The molecule has 0 radical (unpaired) electrons. The molecule has 1 amide bonds. The van der Waals surface area contributed by atoms with E-state index in [0.717, 1.165) is 32.6 Å². The average Bonchev–Trinajstić information content (AvgIpc) is 2.53.